The van der Waals surface area contributed by atoms with Crippen LogP contribution in [0.1, 0.15) is 38.5 Å². The van der Waals surface area contributed by atoms with Gasteiger partial charge in [-0.2, -0.15) is 0 Å². The van der Waals surface area contributed by atoms with E-state index in [2.05, 4.69) is 23.9 Å². The molecule has 1 heterocycles. The molecule has 0 amide bonds. The number of halogens is 2. The van der Waals surface area contributed by atoms with Crippen molar-refractivity contribution in [3.05, 3.63) is 0 Å². The first-order valence-electron chi connectivity index (χ1n) is 7.10. The average molecular weight is 311 g/mol. The Morgan fingerprint density at radius 3 is 2.58 bits per heavy atom. The van der Waals surface area contributed by atoms with Gasteiger partial charge in [0.1, 0.15) is 5.78 Å². The molecule has 0 aromatic heterocycles. The van der Waals surface area contributed by atoms with Gasteiger partial charge in [-0.3, -0.25) is 9.69 Å². The maximum atomic E-state index is 11.9. The van der Waals surface area contributed by atoms with Crippen LogP contribution in [0.3, 0.4) is 0 Å². The van der Waals surface area contributed by atoms with E-state index in [-0.39, 0.29) is 24.8 Å². The van der Waals surface area contributed by atoms with Gasteiger partial charge in [-0.15, -0.1) is 24.8 Å². The molecule has 1 saturated heterocycles. The van der Waals surface area contributed by atoms with E-state index in [0.717, 1.165) is 25.9 Å². The van der Waals surface area contributed by atoms with Crippen molar-refractivity contribution >= 4 is 30.6 Å². The Morgan fingerprint density at radius 2 is 1.89 bits per heavy atom. The Kier molecular flexibility index (Phi) is 9.25. The van der Waals surface area contributed by atoms with Crippen LogP contribution in [0.25, 0.3) is 0 Å². The number of Topliss-reactive ketones (excluding diaryl/α,β-unsaturated/α-hetero) is 1. The van der Waals surface area contributed by atoms with E-state index in [1.165, 1.54) is 32.2 Å². The predicted octanol–water partition coefficient (Wildman–Crippen LogP) is 2.62. The first-order chi connectivity index (χ1) is 8.18. The molecule has 0 spiro atoms. The highest BCUT2D eigenvalue weighted by molar-refractivity contribution is 5.85. The lowest BCUT2D eigenvalue weighted by Crippen LogP contribution is -2.51. The van der Waals surface area contributed by atoms with Gasteiger partial charge >= 0.3 is 0 Å². The molecule has 1 aliphatic carbocycles. The maximum Gasteiger partial charge on any atom is 0.138 e. The number of nitrogens with zero attached hydrogens (tertiary/aromatic N) is 2. The van der Waals surface area contributed by atoms with E-state index in [9.17, 15) is 4.79 Å². The van der Waals surface area contributed by atoms with Crippen molar-refractivity contribution in [2.45, 2.75) is 44.6 Å². The summed E-state index contributed by atoms with van der Waals surface area (Å²) in [6.07, 6.45) is 7.00. The first-order valence-corrected chi connectivity index (χ1v) is 7.10. The SMILES string of the molecule is CN(C)CCCN1CCC(=O)C2CCCCC21.Cl.Cl. The lowest BCUT2D eigenvalue weighted by Gasteiger charge is -2.43. The van der Waals surface area contributed by atoms with Gasteiger partial charge in [0.05, 0.1) is 0 Å². The average Bonchev–Trinajstić information content (AvgIpc) is 2.32. The van der Waals surface area contributed by atoms with E-state index in [1.807, 2.05) is 0 Å². The predicted molar refractivity (Wildman–Crippen MR) is 84.6 cm³/mol. The Morgan fingerprint density at radius 1 is 1.21 bits per heavy atom. The third-order valence-electron chi connectivity index (χ3n) is 4.31. The lowest BCUT2D eigenvalue weighted by atomic mass is 9.77. The highest BCUT2D eigenvalue weighted by Crippen LogP contribution is 2.33. The van der Waals surface area contributed by atoms with Gasteiger partial charge in [-0.05, 0) is 46.4 Å². The maximum absolute atomic E-state index is 11.9. The monoisotopic (exact) mass is 310 g/mol. The number of fused-ring (bicyclic) bond motifs is 1. The lowest BCUT2D eigenvalue weighted by molar-refractivity contribution is -0.130. The fourth-order valence-corrected chi connectivity index (χ4v) is 3.40. The standard InChI is InChI=1S/C14H26N2O.2ClH/c1-15(2)9-5-10-16-11-8-14(17)12-6-3-4-7-13(12)16;;/h12-13H,3-11H2,1-2H3;2*1H. The normalized spacial score (nSPS) is 27.4. The second kappa shape index (κ2) is 9.17. The van der Waals surface area contributed by atoms with E-state index in [1.54, 1.807) is 0 Å². The molecule has 2 fully saturated rings. The number of piperidine rings is 1. The Labute approximate surface area is 129 Å². The molecule has 0 radical (unpaired) electrons. The highest BCUT2D eigenvalue weighted by atomic mass is 35.5. The van der Waals surface area contributed by atoms with Crippen molar-refractivity contribution in [1.29, 1.82) is 0 Å². The van der Waals surface area contributed by atoms with Crippen LogP contribution in [0, 0.1) is 5.92 Å². The van der Waals surface area contributed by atoms with E-state index in [0.29, 0.717) is 17.7 Å². The highest BCUT2D eigenvalue weighted by Gasteiger charge is 2.37. The van der Waals surface area contributed by atoms with Crippen LogP contribution in [-0.4, -0.2) is 55.4 Å². The molecule has 1 saturated carbocycles. The molecule has 19 heavy (non-hydrogen) atoms. The number of likely N-dealkylation sites (tertiary alicyclic amines) is 1. The van der Waals surface area contributed by atoms with Gasteiger partial charge in [0.25, 0.3) is 0 Å². The fourth-order valence-electron chi connectivity index (χ4n) is 3.40. The minimum atomic E-state index is 0. The van der Waals surface area contributed by atoms with Gasteiger partial charge in [0.2, 0.25) is 0 Å². The molecule has 0 aromatic rings. The number of ketones is 1. The van der Waals surface area contributed by atoms with Crippen molar-refractivity contribution < 1.29 is 4.79 Å². The van der Waals surface area contributed by atoms with Gasteiger partial charge in [0, 0.05) is 24.9 Å². The molecule has 0 aromatic carbocycles. The number of hydrogen-bond acceptors (Lipinski definition) is 3. The zero-order chi connectivity index (χ0) is 12.3. The van der Waals surface area contributed by atoms with Crippen LogP contribution in [0.5, 0.6) is 0 Å². The molecule has 3 nitrogen and oxygen atoms in total. The minimum Gasteiger partial charge on any atom is -0.309 e. The largest absolute Gasteiger partial charge is 0.309 e. The van der Waals surface area contributed by atoms with Crippen molar-refractivity contribution in [3.63, 3.8) is 0 Å². The number of hydrogen-bond donors (Lipinski definition) is 0. The van der Waals surface area contributed by atoms with Gasteiger partial charge in [-0.1, -0.05) is 12.8 Å². The number of carbonyl (C=O) groups excluding carboxylic acids is 1. The van der Waals surface area contributed by atoms with Gasteiger partial charge in [0.15, 0.2) is 0 Å². The summed E-state index contributed by atoms with van der Waals surface area (Å²) in [6, 6.07) is 0.576. The van der Waals surface area contributed by atoms with Crippen molar-refractivity contribution in [2.24, 2.45) is 5.92 Å². The van der Waals surface area contributed by atoms with Crippen LogP contribution in [0.4, 0.5) is 0 Å². The van der Waals surface area contributed by atoms with Crippen LogP contribution in [0.2, 0.25) is 0 Å². The summed E-state index contributed by atoms with van der Waals surface area (Å²) < 4.78 is 0. The minimum absolute atomic E-state index is 0. The summed E-state index contributed by atoms with van der Waals surface area (Å²) in [7, 11) is 4.26. The van der Waals surface area contributed by atoms with E-state index < -0.39 is 0 Å². The molecule has 0 bridgehead atoms. The second-order valence-electron chi connectivity index (χ2n) is 5.87. The summed E-state index contributed by atoms with van der Waals surface area (Å²) in [4.78, 5) is 16.8. The number of rotatable bonds is 4. The Hall–Kier alpha value is 0.170. The third kappa shape index (κ3) is 5.22. The molecular weight excluding hydrogens is 283 g/mol. The van der Waals surface area contributed by atoms with Crippen molar-refractivity contribution in [2.75, 3.05) is 33.7 Å². The van der Waals surface area contributed by atoms with Crippen LogP contribution in [-0.2, 0) is 4.79 Å². The zero-order valence-corrected chi connectivity index (χ0v) is 13.8. The fraction of sp³-hybridized carbons (Fsp3) is 0.929. The smallest absolute Gasteiger partial charge is 0.138 e. The summed E-state index contributed by atoms with van der Waals surface area (Å²) in [5.41, 5.74) is 0. The quantitative estimate of drug-likeness (QED) is 0.797. The molecule has 2 unspecified atom stereocenters. The topological polar surface area (TPSA) is 23.6 Å². The molecular formula is C14H28Cl2N2O. The second-order valence-corrected chi connectivity index (χ2v) is 5.87. The van der Waals surface area contributed by atoms with Gasteiger partial charge in [-0.25, -0.2) is 0 Å². The van der Waals surface area contributed by atoms with E-state index in [4.69, 9.17) is 0 Å². The molecule has 0 N–H and O–H groups in total. The van der Waals surface area contributed by atoms with Crippen LogP contribution >= 0.6 is 24.8 Å². The molecule has 2 atom stereocenters. The Balaban J connectivity index is 0.00000162. The Bertz CT molecular complexity index is 274. The van der Waals surface area contributed by atoms with Crippen molar-refractivity contribution in [3.8, 4) is 0 Å². The van der Waals surface area contributed by atoms with Crippen LogP contribution in [0.15, 0.2) is 0 Å². The number of carbonyl (C=O) groups is 1. The van der Waals surface area contributed by atoms with Crippen molar-refractivity contribution in [1.82, 2.24) is 9.80 Å². The van der Waals surface area contributed by atoms with E-state index >= 15 is 0 Å². The molecule has 5 heteroatoms. The van der Waals surface area contributed by atoms with Gasteiger partial charge < -0.3 is 4.90 Å². The molecule has 2 aliphatic rings. The summed E-state index contributed by atoms with van der Waals surface area (Å²) in [5.74, 6) is 0.912. The summed E-state index contributed by atoms with van der Waals surface area (Å²) in [6.45, 7) is 3.34. The molecule has 2 rings (SSSR count). The summed E-state index contributed by atoms with van der Waals surface area (Å²) >= 11 is 0. The third-order valence-corrected chi connectivity index (χ3v) is 4.31. The molecule has 1 aliphatic heterocycles. The zero-order valence-electron chi connectivity index (χ0n) is 12.1. The first kappa shape index (κ1) is 19.2. The summed E-state index contributed by atoms with van der Waals surface area (Å²) in [5, 5.41) is 0. The molecule has 114 valence electrons. The van der Waals surface area contributed by atoms with Crippen LogP contribution < -0.4 is 0 Å².